The van der Waals surface area contributed by atoms with E-state index in [1.807, 2.05) is 24.3 Å². The van der Waals surface area contributed by atoms with Gasteiger partial charge in [0, 0.05) is 37.6 Å². The number of aliphatic hydroxyl groups excluding tert-OH is 1. The van der Waals surface area contributed by atoms with Crippen LogP contribution in [0, 0.1) is 0 Å². The number of carbonyl (C=O) groups is 1. The highest BCUT2D eigenvalue weighted by Gasteiger charge is 2.22. The number of β-amino-alcohol motifs (C(OH)–C–C–N with tert-alkyl or cyclic N) is 1. The van der Waals surface area contributed by atoms with Gasteiger partial charge in [-0.05, 0) is 18.1 Å². The first-order chi connectivity index (χ1) is 9.16. The zero-order valence-electron chi connectivity index (χ0n) is 10.8. The molecule has 2 N–H and O–H groups in total. The van der Waals surface area contributed by atoms with Crippen molar-refractivity contribution in [2.24, 2.45) is 0 Å². The Kier molecular flexibility index (Phi) is 5.19. The van der Waals surface area contributed by atoms with E-state index in [1.165, 1.54) is 0 Å². The number of nitrogens with zero attached hydrogens (tertiary/aromatic N) is 1. The fourth-order valence-corrected chi connectivity index (χ4v) is 2.43. The minimum absolute atomic E-state index is 0.144. The van der Waals surface area contributed by atoms with E-state index < -0.39 is 6.10 Å². The molecule has 0 aliphatic carbocycles. The molecule has 0 spiro atoms. The van der Waals surface area contributed by atoms with Crippen LogP contribution in [0.4, 0.5) is 0 Å². The van der Waals surface area contributed by atoms with Crippen molar-refractivity contribution >= 4 is 17.5 Å². The van der Waals surface area contributed by atoms with Gasteiger partial charge in [0.1, 0.15) is 0 Å². The molecule has 1 saturated heterocycles. The zero-order chi connectivity index (χ0) is 13.7. The van der Waals surface area contributed by atoms with E-state index in [1.54, 1.807) is 4.90 Å². The molecule has 1 aromatic rings. The molecule has 1 atom stereocenters. The molecule has 5 heteroatoms. The molecule has 2 rings (SSSR count). The van der Waals surface area contributed by atoms with Gasteiger partial charge in [-0.15, -0.1) is 0 Å². The van der Waals surface area contributed by atoms with Crippen molar-refractivity contribution in [3.63, 3.8) is 0 Å². The van der Waals surface area contributed by atoms with Gasteiger partial charge in [0.2, 0.25) is 5.91 Å². The summed E-state index contributed by atoms with van der Waals surface area (Å²) in [6.45, 7) is 2.24. The van der Waals surface area contributed by atoms with Gasteiger partial charge in [0.05, 0.1) is 6.10 Å². The predicted octanol–water partition coefficient (Wildman–Crippen LogP) is 1.41. The predicted molar refractivity (Wildman–Crippen MR) is 75.0 cm³/mol. The second-order valence-electron chi connectivity index (χ2n) is 4.82. The Morgan fingerprint density at radius 3 is 2.89 bits per heavy atom. The Morgan fingerprint density at radius 1 is 1.42 bits per heavy atom. The molecule has 1 amide bonds. The van der Waals surface area contributed by atoms with Gasteiger partial charge >= 0.3 is 0 Å². The van der Waals surface area contributed by atoms with Crippen LogP contribution < -0.4 is 5.32 Å². The molecule has 1 aliphatic rings. The maximum absolute atomic E-state index is 11.4. The number of benzene rings is 1. The quantitative estimate of drug-likeness (QED) is 0.830. The maximum Gasteiger partial charge on any atom is 0.222 e. The second kappa shape index (κ2) is 6.89. The Hall–Kier alpha value is -1.10. The van der Waals surface area contributed by atoms with E-state index in [9.17, 15) is 9.90 Å². The number of hydrogen-bond acceptors (Lipinski definition) is 3. The summed E-state index contributed by atoms with van der Waals surface area (Å²) in [4.78, 5) is 13.2. The third-order valence-electron chi connectivity index (χ3n) is 3.26. The topological polar surface area (TPSA) is 52.6 Å². The van der Waals surface area contributed by atoms with Gasteiger partial charge in [0.25, 0.3) is 0 Å². The number of likely N-dealkylation sites (tertiary alicyclic amines) is 1. The number of carbonyl (C=O) groups excluding carboxylic acids is 1. The standard InChI is InChI=1S/C14H19ClN2O2/c15-13-5-2-1-4-11(13)8-16-9-12(18)10-17-7-3-6-14(17)19/h1-2,4-5,12,16,18H,3,6-10H2/t12-/m0/s1. The lowest BCUT2D eigenvalue weighted by Crippen LogP contribution is -2.38. The number of aliphatic hydroxyl groups is 1. The van der Waals surface area contributed by atoms with E-state index in [2.05, 4.69) is 5.32 Å². The maximum atomic E-state index is 11.4. The third-order valence-corrected chi connectivity index (χ3v) is 3.62. The van der Waals surface area contributed by atoms with Crippen LogP contribution in [0.15, 0.2) is 24.3 Å². The number of rotatable bonds is 6. The highest BCUT2D eigenvalue weighted by molar-refractivity contribution is 6.31. The van der Waals surface area contributed by atoms with Crippen LogP contribution in [-0.2, 0) is 11.3 Å². The zero-order valence-corrected chi connectivity index (χ0v) is 11.6. The van der Waals surface area contributed by atoms with Crippen LogP contribution in [0.3, 0.4) is 0 Å². The largest absolute Gasteiger partial charge is 0.390 e. The molecule has 1 aromatic carbocycles. The molecule has 0 radical (unpaired) electrons. The molecule has 1 heterocycles. The van der Waals surface area contributed by atoms with E-state index >= 15 is 0 Å². The summed E-state index contributed by atoms with van der Waals surface area (Å²) < 4.78 is 0. The monoisotopic (exact) mass is 282 g/mol. The number of amides is 1. The van der Waals surface area contributed by atoms with Gasteiger partial charge in [-0.2, -0.15) is 0 Å². The minimum Gasteiger partial charge on any atom is -0.390 e. The fourth-order valence-electron chi connectivity index (χ4n) is 2.23. The Bertz CT molecular complexity index is 439. The van der Waals surface area contributed by atoms with Crippen molar-refractivity contribution < 1.29 is 9.90 Å². The molecule has 0 aromatic heterocycles. The SMILES string of the molecule is O=C1CCCN1C[C@@H](O)CNCc1ccccc1Cl. The molecule has 0 bridgehead atoms. The lowest BCUT2D eigenvalue weighted by atomic mass is 10.2. The van der Waals surface area contributed by atoms with Gasteiger partial charge in [0.15, 0.2) is 0 Å². The molecule has 1 fully saturated rings. The van der Waals surface area contributed by atoms with Crippen LogP contribution in [0.25, 0.3) is 0 Å². The van der Waals surface area contributed by atoms with Crippen molar-refractivity contribution in [3.8, 4) is 0 Å². The van der Waals surface area contributed by atoms with E-state index in [0.29, 0.717) is 26.1 Å². The second-order valence-corrected chi connectivity index (χ2v) is 5.23. The summed E-state index contributed by atoms with van der Waals surface area (Å²) in [5.74, 6) is 0.144. The summed E-state index contributed by atoms with van der Waals surface area (Å²) in [6.07, 6.45) is 0.975. The van der Waals surface area contributed by atoms with Crippen molar-refractivity contribution in [2.45, 2.75) is 25.5 Å². The lowest BCUT2D eigenvalue weighted by Gasteiger charge is -2.20. The summed E-state index contributed by atoms with van der Waals surface area (Å²) in [6, 6.07) is 7.62. The smallest absolute Gasteiger partial charge is 0.222 e. The van der Waals surface area contributed by atoms with Crippen LogP contribution in [-0.4, -0.2) is 41.7 Å². The average Bonchev–Trinajstić information content (AvgIpc) is 2.77. The molecule has 0 unspecified atom stereocenters. The Labute approximate surface area is 118 Å². The first-order valence-electron chi connectivity index (χ1n) is 6.57. The van der Waals surface area contributed by atoms with E-state index in [4.69, 9.17) is 11.6 Å². The van der Waals surface area contributed by atoms with Gasteiger partial charge in [-0.25, -0.2) is 0 Å². The Morgan fingerprint density at radius 2 is 2.21 bits per heavy atom. The first kappa shape index (κ1) is 14.3. The average molecular weight is 283 g/mol. The molecule has 4 nitrogen and oxygen atoms in total. The van der Waals surface area contributed by atoms with E-state index in [0.717, 1.165) is 23.6 Å². The van der Waals surface area contributed by atoms with Gasteiger partial charge < -0.3 is 15.3 Å². The highest BCUT2D eigenvalue weighted by Crippen LogP contribution is 2.14. The van der Waals surface area contributed by atoms with Crippen LogP contribution in [0.1, 0.15) is 18.4 Å². The van der Waals surface area contributed by atoms with Crippen LogP contribution in [0.5, 0.6) is 0 Å². The number of hydrogen-bond donors (Lipinski definition) is 2. The molecular formula is C14H19ClN2O2. The lowest BCUT2D eigenvalue weighted by molar-refractivity contribution is -0.128. The number of nitrogens with one attached hydrogen (secondary N) is 1. The number of halogens is 1. The first-order valence-corrected chi connectivity index (χ1v) is 6.94. The molecule has 19 heavy (non-hydrogen) atoms. The fraction of sp³-hybridized carbons (Fsp3) is 0.500. The van der Waals surface area contributed by atoms with Gasteiger partial charge in [-0.1, -0.05) is 29.8 Å². The highest BCUT2D eigenvalue weighted by atomic mass is 35.5. The van der Waals surface area contributed by atoms with Crippen LogP contribution in [0.2, 0.25) is 5.02 Å². The van der Waals surface area contributed by atoms with Gasteiger partial charge in [-0.3, -0.25) is 4.79 Å². The van der Waals surface area contributed by atoms with Crippen molar-refractivity contribution in [1.82, 2.24) is 10.2 Å². The normalized spacial score (nSPS) is 16.9. The van der Waals surface area contributed by atoms with Crippen LogP contribution >= 0.6 is 11.6 Å². The summed E-state index contributed by atoms with van der Waals surface area (Å²) in [7, 11) is 0. The minimum atomic E-state index is -0.537. The molecule has 1 aliphatic heterocycles. The van der Waals surface area contributed by atoms with Crippen molar-refractivity contribution in [2.75, 3.05) is 19.6 Å². The van der Waals surface area contributed by atoms with Crippen molar-refractivity contribution in [1.29, 1.82) is 0 Å². The molecular weight excluding hydrogens is 264 g/mol. The third kappa shape index (κ3) is 4.20. The Balaban J connectivity index is 1.70. The summed E-state index contributed by atoms with van der Waals surface area (Å²) in [5, 5.41) is 13.8. The molecule has 104 valence electrons. The molecule has 0 saturated carbocycles. The summed E-state index contributed by atoms with van der Waals surface area (Å²) in [5.41, 5.74) is 1.01. The summed E-state index contributed by atoms with van der Waals surface area (Å²) >= 11 is 6.04. The van der Waals surface area contributed by atoms with E-state index in [-0.39, 0.29) is 5.91 Å². The van der Waals surface area contributed by atoms with Crippen molar-refractivity contribution in [3.05, 3.63) is 34.9 Å².